The molecule has 0 aliphatic carbocycles. The molecule has 0 bridgehead atoms. The van der Waals surface area contributed by atoms with Crippen LogP contribution >= 0.6 is 23.2 Å². The third-order valence-corrected chi connectivity index (χ3v) is 8.30. The molecule has 220 valence electrons. The molecule has 0 spiro atoms. The lowest BCUT2D eigenvalue weighted by Gasteiger charge is -2.38. The molecule has 3 aromatic rings. The number of aliphatic hydroxyl groups excluding tert-OH is 1. The number of amides is 2. The van der Waals surface area contributed by atoms with E-state index in [-0.39, 0.29) is 37.0 Å². The van der Waals surface area contributed by atoms with Crippen LogP contribution in [0.5, 0.6) is 0 Å². The van der Waals surface area contributed by atoms with Crippen LogP contribution < -0.4 is 10.2 Å². The van der Waals surface area contributed by atoms with Gasteiger partial charge in [0, 0.05) is 29.9 Å². The smallest absolute Gasteiger partial charge is 0.382 e. The maximum absolute atomic E-state index is 13.1. The molecule has 0 saturated carbocycles. The number of anilines is 1. The third kappa shape index (κ3) is 7.09. The zero-order valence-electron chi connectivity index (χ0n) is 21.3. The zero-order valence-corrected chi connectivity index (χ0v) is 23.6. The number of nitrogens with zero attached hydrogens (tertiary/aromatic N) is 5. The van der Waals surface area contributed by atoms with Gasteiger partial charge in [0.1, 0.15) is 5.84 Å². The Balaban J connectivity index is 1.58. The monoisotopic (exact) mass is 633 g/mol. The third-order valence-electron chi connectivity index (χ3n) is 6.21. The van der Waals surface area contributed by atoms with Crippen molar-refractivity contribution in [1.82, 2.24) is 25.0 Å². The van der Waals surface area contributed by atoms with Gasteiger partial charge in [-0.2, -0.15) is 22.8 Å². The van der Waals surface area contributed by atoms with E-state index in [1.807, 2.05) is 0 Å². The summed E-state index contributed by atoms with van der Waals surface area (Å²) in [5.74, 6) is -0.323. The Bertz CT molecular complexity index is 1550. The molecule has 3 N–H and O–H groups in total. The van der Waals surface area contributed by atoms with E-state index in [0.717, 1.165) is 6.26 Å². The molecule has 2 aromatic carbocycles. The van der Waals surface area contributed by atoms with E-state index in [2.05, 4.69) is 15.4 Å². The molecule has 11 nitrogen and oxygen atoms in total. The molecular weight excluding hydrogens is 610 g/mol. The number of hydrogen-bond acceptors (Lipinski definition) is 8. The zero-order chi connectivity index (χ0) is 30.1. The molecule has 2 heterocycles. The van der Waals surface area contributed by atoms with Gasteiger partial charge >= 0.3 is 12.2 Å². The fraction of sp³-hybridized carbons (Fsp3) is 0.333. The van der Waals surface area contributed by atoms with E-state index in [4.69, 9.17) is 28.6 Å². The summed E-state index contributed by atoms with van der Waals surface area (Å²) in [4.78, 5) is 19.5. The Morgan fingerprint density at radius 1 is 1.20 bits per heavy atom. The number of benzene rings is 2. The summed E-state index contributed by atoms with van der Waals surface area (Å²) in [6.07, 6.45) is -6.82. The summed E-state index contributed by atoms with van der Waals surface area (Å²) in [5.41, 5.74) is 0.511. The number of sulfone groups is 1. The SMILES string of the molecule is CS(=O)(=O)C1CN(c2nc(CNC(=O)N(C[C@H](O)C(F)(F)F)C(=N)c3ccc(Cl)cc3)nn2-c2ccccc2Cl)C1. The van der Waals surface area contributed by atoms with Gasteiger partial charge in [-0.15, -0.1) is 5.10 Å². The summed E-state index contributed by atoms with van der Waals surface area (Å²) < 4.78 is 64.6. The fourth-order valence-electron chi connectivity index (χ4n) is 3.85. The number of carbonyl (C=O) groups excluding carboxylic acids is 1. The van der Waals surface area contributed by atoms with Gasteiger partial charge in [-0.1, -0.05) is 35.3 Å². The Hall–Kier alpha value is -3.40. The molecule has 17 heteroatoms. The van der Waals surface area contributed by atoms with Crippen LogP contribution in [-0.4, -0.2) is 88.5 Å². The van der Waals surface area contributed by atoms with Gasteiger partial charge in [-0.3, -0.25) is 10.3 Å². The van der Waals surface area contributed by atoms with Gasteiger partial charge in [-0.25, -0.2) is 13.2 Å². The number of halogens is 5. The van der Waals surface area contributed by atoms with E-state index >= 15 is 0 Å². The van der Waals surface area contributed by atoms with Crippen molar-refractivity contribution in [2.45, 2.75) is 24.1 Å². The number of alkyl halides is 3. The first-order valence-corrected chi connectivity index (χ1v) is 14.7. The minimum atomic E-state index is -5.04. The van der Waals surface area contributed by atoms with E-state index in [1.165, 1.54) is 28.9 Å². The van der Waals surface area contributed by atoms with Crippen LogP contribution in [0.1, 0.15) is 11.4 Å². The number of hydrogen-bond donors (Lipinski definition) is 3. The second kappa shape index (κ2) is 11.8. The van der Waals surface area contributed by atoms with Crippen LogP contribution in [0, 0.1) is 5.41 Å². The summed E-state index contributed by atoms with van der Waals surface area (Å²) in [6, 6.07) is 11.1. The Morgan fingerprint density at radius 2 is 1.83 bits per heavy atom. The number of carbonyl (C=O) groups is 1. The highest BCUT2D eigenvalue weighted by Gasteiger charge is 2.41. The van der Waals surface area contributed by atoms with Crippen LogP contribution in [0.2, 0.25) is 10.0 Å². The van der Waals surface area contributed by atoms with Crippen LogP contribution in [0.4, 0.5) is 23.9 Å². The molecule has 1 saturated heterocycles. The number of amidine groups is 1. The second-order valence-corrected chi connectivity index (χ2v) is 12.4. The molecule has 0 unspecified atom stereocenters. The molecule has 41 heavy (non-hydrogen) atoms. The van der Waals surface area contributed by atoms with Crippen LogP contribution in [0.15, 0.2) is 48.5 Å². The van der Waals surface area contributed by atoms with Crippen molar-refractivity contribution < 1.29 is 31.5 Å². The predicted molar refractivity (Wildman–Crippen MR) is 146 cm³/mol. The number of para-hydroxylation sites is 1. The van der Waals surface area contributed by atoms with E-state index in [9.17, 15) is 31.5 Å². The number of aromatic nitrogens is 3. The summed E-state index contributed by atoms with van der Waals surface area (Å²) in [5, 5.41) is 24.8. The second-order valence-electron chi connectivity index (χ2n) is 9.23. The summed E-state index contributed by atoms with van der Waals surface area (Å²) >= 11 is 12.2. The molecule has 2 amide bonds. The standard InChI is InChI=1S/C24H24Cl2F3N7O4S/c1-41(39,40)16-11-34(12-16)22-32-20(33-36(22)18-5-3-2-4-17(18)26)10-31-23(38)35(13-19(37)24(27,28)29)21(30)14-6-8-15(25)9-7-14/h2-9,16,19,30,37H,10-13H2,1H3,(H,31,38)/t19-/m0/s1. The maximum Gasteiger partial charge on any atom is 0.416 e. The van der Waals surface area contributed by atoms with E-state index < -0.39 is 45.8 Å². The number of urea groups is 1. The summed E-state index contributed by atoms with van der Waals surface area (Å²) in [6.45, 7) is -1.33. The van der Waals surface area contributed by atoms with Gasteiger partial charge in [-0.05, 0) is 36.4 Å². The first kappa shape index (κ1) is 30.6. The maximum atomic E-state index is 13.1. The van der Waals surface area contributed by atoms with Crippen molar-refractivity contribution in [3.63, 3.8) is 0 Å². The van der Waals surface area contributed by atoms with Crippen LogP contribution in [0.3, 0.4) is 0 Å². The van der Waals surface area contributed by atoms with Crippen molar-refractivity contribution in [2.24, 2.45) is 0 Å². The number of nitrogens with one attached hydrogen (secondary N) is 2. The van der Waals surface area contributed by atoms with Crippen molar-refractivity contribution in [3.8, 4) is 5.69 Å². The van der Waals surface area contributed by atoms with Crippen molar-refractivity contribution >= 4 is 50.9 Å². The molecule has 1 aliphatic heterocycles. The number of aliphatic hydroxyl groups is 1. The van der Waals surface area contributed by atoms with E-state index in [1.54, 1.807) is 29.2 Å². The highest BCUT2D eigenvalue weighted by atomic mass is 35.5. The topological polar surface area (TPSA) is 145 Å². The predicted octanol–water partition coefficient (Wildman–Crippen LogP) is 3.27. The molecule has 1 aliphatic rings. The molecule has 0 radical (unpaired) electrons. The molecule has 1 aromatic heterocycles. The number of rotatable bonds is 8. The lowest BCUT2D eigenvalue weighted by Crippen LogP contribution is -2.55. The average Bonchev–Trinajstić information content (AvgIpc) is 3.27. The molecular formula is C24H24Cl2F3N7O4S. The first-order chi connectivity index (χ1) is 19.1. The largest absolute Gasteiger partial charge is 0.416 e. The lowest BCUT2D eigenvalue weighted by atomic mass is 10.2. The average molecular weight is 634 g/mol. The van der Waals surface area contributed by atoms with Crippen LogP contribution in [0.25, 0.3) is 5.69 Å². The highest BCUT2D eigenvalue weighted by molar-refractivity contribution is 7.91. The first-order valence-electron chi connectivity index (χ1n) is 11.9. The minimum absolute atomic E-state index is 0.0328. The molecule has 1 atom stereocenters. The van der Waals surface area contributed by atoms with Gasteiger partial charge in [0.2, 0.25) is 5.95 Å². The van der Waals surface area contributed by atoms with Gasteiger partial charge in [0.25, 0.3) is 0 Å². The fourth-order valence-corrected chi connectivity index (χ4v) is 5.09. The Kier molecular flexibility index (Phi) is 8.82. The molecule has 4 rings (SSSR count). The van der Waals surface area contributed by atoms with E-state index in [0.29, 0.717) is 20.6 Å². The quantitative estimate of drug-likeness (QED) is 0.255. The Morgan fingerprint density at radius 3 is 2.41 bits per heavy atom. The van der Waals surface area contributed by atoms with Crippen LogP contribution in [-0.2, 0) is 16.4 Å². The van der Waals surface area contributed by atoms with Gasteiger partial charge < -0.3 is 15.3 Å². The highest BCUT2D eigenvalue weighted by Crippen LogP contribution is 2.28. The van der Waals surface area contributed by atoms with Crippen molar-refractivity contribution in [3.05, 3.63) is 70.0 Å². The van der Waals surface area contributed by atoms with Gasteiger partial charge in [0.15, 0.2) is 21.8 Å². The summed E-state index contributed by atoms with van der Waals surface area (Å²) in [7, 11) is -3.29. The van der Waals surface area contributed by atoms with Gasteiger partial charge in [0.05, 0.1) is 29.0 Å². The molecule has 1 fully saturated rings. The van der Waals surface area contributed by atoms with Crippen molar-refractivity contribution in [1.29, 1.82) is 5.41 Å². The Labute approximate surface area is 242 Å². The van der Waals surface area contributed by atoms with Crippen molar-refractivity contribution in [2.75, 3.05) is 30.8 Å². The minimum Gasteiger partial charge on any atom is -0.382 e. The lowest BCUT2D eigenvalue weighted by molar-refractivity contribution is -0.204. The normalized spacial score (nSPS) is 14.9.